The maximum atomic E-state index is 12.3. The summed E-state index contributed by atoms with van der Waals surface area (Å²) in [5.41, 5.74) is 7.32. The molecule has 1 heterocycles. The zero-order valence-electron chi connectivity index (χ0n) is 14.7. The third-order valence-electron chi connectivity index (χ3n) is 4.29. The summed E-state index contributed by atoms with van der Waals surface area (Å²) in [7, 11) is 0. The number of rotatable bonds is 4. The Bertz CT molecular complexity index is 559. The molecule has 1 saturated heterocycles. The van der Waals surface area contributed by atoms with E-state index in [0.29, 0.717) is 32.5 Å². The number of hydrogen-bond acceptors (Lipinski definition) is 3. The van der Waals surface area contributed by atoms with Crippen LogP contribution in [-0.4, -0.2) is 35.3 Å². The minimum Gasteiger partial charge on any atom is -0.352 e. The van der Waals surface area contributed by atoms with Gasteiger partial charge in [-0.15, -0.1) is 12.4 Å². The highest BCUT2D eigenvalue weighted by atomic mass is 35.5. The fourth-order valence-electron chi connectivity index (χ4n) is 2.79. The zero-order chi connectivity index (χ0) is 17.0. The van der Waals surface area contributed by atoms with Crippen molar-refractivity contribution in [2.24, 2.45) is 11.7 Å². The summed E-state index contributed by atoms with van der Waals surface area (Å²) in [6.07, 6.45) is 1.39. The molecule has 0 radical (unpaired) electrons. The van der Waals surface area contributed by atoms with Crippen molar-refractivity contribution < 1.29 is 9.59 Å². The maximum Gasteiger partial charge on any atom is 0.242 e. The summed E-state index contributed by atoms with van der Waals surface area (Å²) in [5, 5.41) is 3.00. The molecule has 1 fully saturated rings. The average Bonchev–Trinajstić information content (AvgIpc) is 2.52. The van der Waals surface area contributed by atoms with Gasteiger partial charge >= 0.3 is 0 Å². The molecule has 0 bridgehead atoms. The van der Waals surface area contributed by atoms with Crippen LogP contribution in [0.1, 0.15) is 37.8 Å². The van der Waals surface area contributed by atoms with E-state index in [4.69, 9.17) is 5.73 Å². The molecule has 1 aromatic carbocycles. The highest BCUT2D eigenvalue weighted by Gasteiger charge is 2.32. The van der Waals surface area contributed by atoms with Crippen LogP contribution in [-0.2, 0) is 16.1 Å². The van der Waals surface area contributed by atoms with Crippen LogP contribution in [0.2, 0.25) is 0 Å². The molecule has 0 aliphatic carbocycles. The van der Waals surface area contributed by atoms with Crippen LogP contribution in [0.25, 0.3) is 0 Å². The molecule has 5 nitrogen and oxygen atoms in total. The number of aryl methyl sites for hydroxylation is 1. The molecule has 6 heteroatoms. The molecular weight excluding hydrogens is 326 g/mol. The summed E-state index contributed by atoms with van der Waals surface area (Å²) in [4.78, 5) is 26.2. The second-order valence-corrected chi connectivity index (χ2v) is 6.99. The maximum absolute atomic E-state index is 12.3. The summed E-state index contributed by atoms with van der Waals surface area (Å²) >= 11 is 0. The number of halogens is 1. The van der Waals surface area contributed by atoms with Gasteiger partial charge in [-0.25, -0.2) is 0 Å². The lowest BCUT2D eigenvalue weighted by atomic mass is 9.94. The number of nitrogens with two attached hydrogens (primary N) is 1. The number of nitrogens with zero attached hydrogens (tertiary/aromatic N) is 1. The summed E-state index contributed by atoms with van der Waals surface area (Å²) < 4.78 is 0. The smallest absolute Gasteiger partial charge is 0.242 e. The summed E-state index contributed by atoms with van der Waals surface area (Å²) in [6.45, 7) is 7.23. The van der Waals surface area contributed by atoms with Crippen molar-refractivity contribution in [3.05, 3.63) is 35.4 Å². The molecule has 2 rings (SSSR count). The normalized spacial score (nSPS) is 15.6. The minimum absolute atomic E-state index is 0. The number of carbonyl (C=O) groups excluding carboxylic acids is 2. The largest absolute Gasteiger partial charge is 0.352 e. The molecule has 0 spiro atoms. The number of hydrogen-bond donors (Lipinski definition) is 2. The third-order valence-corrected chi connectivity index (χ3v) is 4.29. The zero-order valence-corrected chi connectivity index (χ0v) is 15.5. The van der Waals surface area contributed by atoms with Crippen molar-refractivity contribution in [1.29, 1.82) is 0 Å². The molecule has 2 amide bonds. The predicted octanol–water partition coefficient (Wildman–Crippen LogP) is 2.01. The van der Waals surface area contributed by atoms with Gasteiger partial charge in [0.25, 0.3) is 0 Å². The lowest BCUT2D eigenvalue weighted by molar-refractivity contribution is -0.139. The standard InChI is InChI=1S/C18H27N3O2.ClH/c1-13-4-6-14(7-5-13)12-20-16(22)15-8-10-21(11-9-15)17(23)18(2,3)19;/h4-7,15H,8-12,19H2,1-3H3,(H,20,22);1H. The van der Waals surface area contributed by atoms with E-state index in [2.05, 4.69) is 5.32 Å². The van der Waals surface area contributed by atoms with Gasteiger partial charge in [0.05, 0.1) is 5.54 Å². The van der Waals surface area contributed by atoms with Crippen LogP contribution in [0, 0.1) is 12.8 Å². The second-order valence-electron chi connectivity index (χ2n) is 6.99. The van der Waals surface area contributed by atoms with Gasteiger partial charge < -0.3 is 16.0 Å². The Morgan fingerprint density at radius 3 is 2.25 bits per heavy atom. The molecule has 24 heavy (non-hydrogen) atoms. The second kappa shape index (κ2) is 8.49. The fraction of sp³-hybridized carbons (Fsp3) is 0.556. The van der Waals surface area contributed by atoms with Gasteiger partial charge in [-0.05, 0) is 39.2 Å². The van der Waals surface area contributed by atoms with Gasteiger partial charge in [0.15, 0.2) is 0 Å². The van der Waals surface area contributed by atoms with Crippen LogP contribution < -0.4 is 11.1 Å². The number of likely N-dealkylation sites (tertiary alicyclic amines) is 1. The Labute approximate surface area is 150 Å². The van der Waals surface area contributed by atoms with E-state index in [9.17, 15) is 9.59 Å². The number of benzene rings is 1. The summed E-state index contributed by atoms with van der Waals surface area (Å²) in [6, 6.07) is 8.14. The number of carbonyl (C=O) groups is 2. The van der Waals surface area contributed by atoms with Crippen molar-refractivity contribution >= 4 is 24.2 Å². The van der Waals surface area contributed by atoms with E-state index in [0.717, 1.165) is 5.56 Å². The summed E-state index contributed by atoms with van der Waals surface area (Å²) in [5.74, 6) is 0.00563. The highest BCUT2D eigenvalue weighted by Crippen LogP contribution is 2.19. The molecular formula is C18H28ClN3O2. The topological polar surface area (TPSA) is 75.4 Å². The number of piperidine rings is 1. The Hall–Kier alpha value is -1.59. The van der Waals surface area contributed by atoms with E-state index >= 15 is 0 Å². The first-order valence-electron chi connectivity index (χ1n) is 8.19. The van der Waals surface area contributed by atoms with E-state index in [1.165, 1.54) is 5.56 Å². The molecule has 0 aromatic heterocycles. The molecule has 1 aliphatic heterocycles. The Balaban J connectivity index is 0.00000288. The van der Waals surface area contributed by atoms with Gasteiger partial charge in [-0.3, -0.25) is 9.59 Å². The van der Waals surface area contributed by atoms with Crippen molar-refractivity contribution in [2.45, 2.75) is 45.7 Å². The van der Waals surface area contributed by atoms with E-state index in [1.807, 2.05) is 31.2 Å². The van der Waals surface area contributed by atoms with E-state index in [1.54, 1.807) is 18.7 Å². The molecule has 0 atom stereocenters. The molecule has 1 aliphatic rings. The van der Waals surface area contributed by atoms with Crippen molar-refractivity contribution in [1.82, 2.24) is 10.2 Å². The van der Waals surface area contributed by atoms with Crippen LogP contribution in [0.5, 0.6) is 0 Å². The van der Waals surface area contributed by atoms with Gasteiger partial charge in [-0.1, -0.05) is 29.8 Å². The molecule has 0 saturated carbocycles. The number of amides is 2. The Kier molecular flexibility index (Phi) is 7.24. The minimum atomic E-state index is -0.847. The highest BCUT2D eigenvalue weighted by molar-refractivity contribution is 5.86. The first-order valence-corrected chi connectivity index (χ1v) is 8.19. The van der Waals surface area contributed by atoms with Crippen molar-refractivity contribution in [2.75, 3.05) is 13.1 Å². The Morgan fingerprint density at radius 2 is 1.75 bits per heavy atom. The number of nitrogens with one attached hydrogen (secondary N) is 1. The average molecular weight is 354 g/mol. The quantitative estimate of drug-likeness (QED) is 0.869. The van der Waals surface area contributed by atoms with Crippen LogP contribution in [0.4, 0.5) is 0 Å². The lowest BCUT2D eigenvalue weighted by Crippen LogP contribution is -2.54. The fourth-order valence-corrected chi connectivity index (χ4v) is 2.79. The predicted molar refractivity (Wildman–Crippen MR) is 97.8 cm³/mol. The Morgan fingerprint density at radius 1 is 1.21 bits per heavy atom. The molecule has 134 valence electrons. The van der Waals surface area contributed by atoms with Gasteiger partial charge in [0.2, 0.25) is 11.8 Å². The van der Waals surface area contributed by atoms with Gasteiger partial charge in [-0.2, -0.15) is 0 Å². The SMILES string of the molecule is Cc1ccc(CNC(=O)C2CCN(C(=O)C(C)(C)N)CC2)cc1.Cl. The van der Waals surface area contributed by atoms with Crippen LogP contribution >= 0.6 is 12.4 Å². The lowest BCUT2D eigenvalue weighted by Gasteiger charge is -2.35. The first-order chi connectivity index (χ1) is 10.8. The first kappa shape index (κ1) is 20.5. The third kappa shape index (κ3) is 5.49. The molecule has 0 unspecified atom stereocenters. The van der Waals surface area contributed by atoms with Crippen molar-refractivity contribution in [3.8, 4) is 0 Å². The van der Waals surface area contributed by atoms with E-state index in [-0.39, 0.29) is 30.1 Å². The van der Waals surface area contributed by atoms with Crippen LogP contribution in [0.15, 0.2) is 24.3 Å². The van der Waals surface area contributed by atoms with E-state index < -0.39 is 5.54 Å². The van der Waals surface area contributed by atoms with Crippen LogP contribution in [0.3, 0.4) is 0 Å². The van der Waals surface area contributed by atoms with Crippen molar-refractivity contribution in [3.63, 3.8) is 0 Å². The molecule has 3 N–H and O–H groups in total. The molecule has 1 aromatic rings. The monoisotopic (exact) mass is 353 g/mol. The van der Waals surface area contributed by atoms with Gasteiger partial charge in [0.1, 0.15) is 0 Å². The van der Waals surface area contributed by atoms with Gasteiger partial charge in [0, 0.05) is 25.6 Å².